The summed E-state index contributed by atoms with van der Waals surface area (Å²) in [7, 11) is 0. The highest BCUT2D eigenvalue weighted by atomic mass is 35.5. The number of hydrogen-bond donors (Lipinski definition) is 1. The first-order chi connectivity index (χ1) is 13.2. The van der Waals surface area contributed by atoms with E-state index in [1.54, 1.807) is 18.2 Å². The van der Waals surface area contributed by atoms with Gasteiger partial charge in [0, 0.05) is 29.5 Å². The summed E-state index contributed by atoms with van der Waals surface area (Å²) in [6.45, 7) is 8.43. The van der Waals surface area contributed by atoms with Gasteiger partial charge in [-0.05, 0) is 35.7 Å². The van der Waals surface area contributed by atoms with Crippen LogP contribution in [0.25, 0.3) is 0 Å². The first-order valence-corrected chi connectivity index (χ1v) is 9.87. The molecular weight excluding hydrogens is 372 g/mol. The molecule has 1 aliphatic carbocycles. The van der Waals surface area contributed by atoms with E-state index in [1.165, 1.54) is 5.56 Å². The summed E-state index contributed by atoms with van der Waals surface area (Å²) >= 11 is 6.08. The Bertz CT molecular complexity index is 913. The minimum atomic E-state index is -0.214. The predicted octanol–water partition coefficient (Wildman–Crippen LogP) is 5.31. The number of carbonyl (C=O) groups excluding carboxylic acids is 1. The molecule has 3 rings (SSSR count). The van der Waals surface area contributed by atoms with Gasteiger partial charge in [-0.3, -0.25) is 4.79 Å². The van der Waals surface area contributed by atoms with Crippen molar-refractivity contribution in [1.82, 2.24) is 5.32 Å². The molecule has 0 unspecified atom stereocenters. The van der Waals surface area contributed by atoms with E-state index in [1.807, 2.05) is 30.3 Å². The van der Waals surface area contributed by atoms with Gasteiger partial charge in [-0.15, -0.1) is 0 Å². The molecule has 4 nitrogen and oxygen atoms in total. The Hall–Kier alpha value is -2.51. The van der Waals surface area contributed by atoms with Crippen LogP contribution in [0.3, 0.4) is 0 Å². The monoisotopic (exact) mass is 396 g/mol. The molecule has 0 saturated heterocycles. The van der Waals surface area contributed by atoms with Crippen LogP contribution in [0.2, 0.25) is 5.02 Å². The number of carbonyl (C=O) groups is 1. The number of nitrogens with zero attached hydrogens (tertiary/aromatic N) is 1. The fourth-order valence-corrected chi connectivity index (χ4v) is 3.63. The number of halogens is 1. The lowest BCUT2D eigenvalue weighted by Crippen LogP contribution is -2.63. The third kappa shape index (κ3) is 4.00. The number of rotatable bonds is 5. The van der Waals surface area contributed by atoms with Gasteiger partial charge >= 0.3 is 0 Å². The van der Waals surface area contributed by atoms with Crippen molar-refractivity contribution in [2.75, 3.05) is 0 Å². The summed E-state index contributed by atoms with van der Waals surface area (Å²) in [5.41, 5.74) is 2.10. The second-order valence-electron chi connectivity index (χ2n) is 8.22. The summed E-state index contributed by atoms with van der Waals surface area (Å²) < 4.78 is 6.06. The predicted molar refractivity (Wildman–Crippen MR) is 111 cm³/mol. The Morgan fingerprint density at radius 1 is 1.25 bits per heavy atom. The summed E-state index contributed by atoms with van der Waals surface area (Å²) in [6, 6.07) is 14.9. The SMILES string of the molecule is CC(C)c1ccc(C(=O)N[C@H]2C[C@H](Oc3ccc(C#N)c(Cl)c3)C2(C)C)cc1. The van der Waals surface area contributed by atoms with Crippen molar-refractivity contribution >= 4 is 17.5 Å². The normalized spacial score (nSPS) is 20.2. The lowest BCUT2D eigenvalue weighted by atomic mass is 9.64. The standard InChI is InChI=1S/C23H25ClN2O2/c1-14(2)15-5-7-16(8-6-15)22(27)26-20-12-21(23(20,3)4)28-18-10-9-17(13-25)19(24)11-18/h5-11,14,20-21H,12H2,1-4H3,(H,26,27)/t20-,21-/m0/s1. The second kappa shape index (κ2) is 7.85. The first kappa shape index (κ1) is 20.2. The van der Waals surface area contributed by atoms with E-state index < -0.39 is 0 Å². The van der Waals surface area contributed by atoms with Gasteiger partial charge in [0.15, 0.2) is 0 Å². The molecule has 1 saturated carbocycles. The van der Waals surface area contributed by atoms with Crippen molar-refractivity contribution in [1.29, 1.82) is 5.26 Å². The number of nitriles is 1. The molecule has 2 aromatic rings. The summed E-state index contributed by atoms with van der Waals surface area (Å²) in [5.74, 6) is 1.01. The Morgan fingerprint density at radius 2 is 1.93 bits per heavy atom. The second-order valence-corrected chi connectivity index (χ2v) is 8.63. The Balaban J connectivity index is 1.61. The van der Waals surface area contributed by atoms with Crippen LogP contribution in [0.1, 0.15) is 61.5 Å². The highest BCUT2D eigenvalue weighted by Gasteiger charge is 2.50. The molecule has 28 heavy (non-hydrogen) atoms. The number of ether oxygens (including phenoxy) is 1. The van der Waals surface area contributed by atoms with Gasteiger partial charge in [-0.1, -0.05) is 51.4 Å². The number of hydrogen-bond acceptors (Lipinski definition) is 3. The maximum absolute atomic E-state index is 12.6. The van der Waals surface area contributed by atoms with Crippen molar-refractivity contribution in [2.45, 2.75) is 52.2 Å². The van der Waals surface area contributed by atoms with Crippen LogP contribution in [0.5, 0.6) is 5.75 Å². The molecule has 0 spiro atoms. The van der Waals surface area contributed by atoms with Gasteiger partial charge in [-0.2, -0.15) is 5.26 Å². The third-order valence-corrected chi connectivity index (χ3v) is 5.97. The van der Waals surface area contributed by atoms with Crippen LogP contribution in [0.15, 0.2) is 42.5 Å². The lowest BCUT2D eigenvalue weighted by molar-refractivity contribution is -0.0515. The van der Waals surface area contributed by atoms with Crippen LogP contribution < -0.4 is 10.1 Å². The molecule has 1 aliphatic rings. The Labute approximate surface area is 171 Å². The zero-order chi connectivity index (χ0) is 20.5. The van der Waals surface area contributed by atoms with Crippen LogP contribution in [0, 0.1) is 16.7 Å². The zero-order valence-corrected chi connectivity index (χ0v) is 17.4. The maximum atomic E-state index is 12.6. The fraction of sp³-hybridized carbons (Fsp3) is 0.391. The average Bonchev–Trinajstić information content (AvgIpc) is 2.67. The average molecular weight is 397 g/mol. The van der Waals surface area contributed by atoms with Crippen molar-refractivity contribution < 1.29 is 9.53 Å². The van der Waals surface area contributed by atoms with E-state index in [4.69, 9.17) is 21.6 Å². The van der Waals surface area contributed by atoms with Crippen LogP contribution >= 0.6 is 11.6 Å². The quantitative estimate of drug-likeness (QED) is 0.744. The van der Waals surface area contributed by atoms with Crippen LogP contribution in [-0.4, -0.2) is 18.1 Å². The van der Waals surface area contributed by atoms with E-state index in [0.29, 0.717) is 27.8 Å². The van der Waals surface area contributed by atoms with Gasteiger partial charge in [0.1, 0.15) is 17.9 Å². The number of amides is 1. The molecule has 2 atom stereocenters. The molecule has 0 heterocycles. The van der Waals surface area contributed by atoms with E-state index in [9.17, 15) is 4.79 Å². The number of nitrogens with one attached hydrogen (secondary N) is 1. The van der Waals surface area contributed by atoms with Gasteiger partial charge in [-0.25, -0.2) is 0 Å². The molecule has 146 valence electrons. The van der Waals surface area contributed by atoms with Crippen molar-refractivity contribution in [3.63, 3.8) is 0 Å². The first-order valence-electron chi connectivity index (χ1n) is 9.49. The largest absolute Gasteiger partial charge is 0.490 e. The van der Waals surface area contributed by atoms with Gasteiger partial charge in [0.05, 0.1) is 10.6 Å². The highest BCUT2D eigenvalue weighted by molar-refractivity contribution is 6.31. The molecule has 0 aliphatic heterocycles. The van der Waals surface area contributed by atoms with Crippen molar-refractivity contribution in [3.8, 4) is 11.8 Å². The van der Waals surface area contributed by atoms with E-state index >= 15 is 0 Å². The minimum Gasteiger partial charge on any atom is -0.490 e. The summed E-state index contributed by atoms with van der Waals surface area (Å²) in [4.78, 5) is 12.6. The van der Waals surface area contributed by atoms with Gasteiger partial charge < -0.3 is 10.1 Å². The zero-order valence-electron chi connectivity index (χ0n) is 16.6. The van der Waals surface area contributed by atoms with Crippen molar-refractivity contribution in [2.24, 2.45) is 5.41 Å². The fourth-order valence-electron chi connectivity index (χ4n) is 3.42. The molecule has 1 fully saturated rings. The van der Waals surface area contributed by atoms with E-state index in [0.717, 1.165) is 6.42 Å². The highest BCUT2D eigenvalue weighted by Crippen LogP contribution is 2.43. The summed E-state index contributed by atoms with van der Waals surface area (Å²) in [6.07, 6.45) is 0.686. The molecule has 0 aromatic heterocycles. The maximum Gasteiger partial charge on any atom is 0.251 e. The van der Waals surface area contributed by atoms with Gasteiger partial charge in [0.25, 0.3) is 5.91 Å². The molecule has 0 radical (unpaired) electrons. The Morgan fingerprint density at radius 3 is 2.46 bits per heavy atom. The smallest absolute Gasteiger partial charge is 0.251 e. The molecule has 2 aromatic carbocycles. The number of benzene rings is 2. The molecule has 5 heteroatoms. The molecular formula is C23H25ClN2O2. The Kier molecular flexibility index (Phi) is 5.67. The summed E-state index contributed by atoms with van der Waals surface area (Å²) in [5, 5.41) is 12.5. The topological polar surface area (TPSA) is 62.1 Å². The van der Waals surface area contributed by atoms with Crippen LogP contribution in [0.4, 0.5) is 0 Å². The van der Waals surface area contributed by atoms with Crippen LogP contribution in [-0.2, 0) is 0 Å². The van der Waals surface area contributed by atoms with Crippen molar-refractivity contribution in [3.05, 3.63) is 64.2 Å². The van der Waals surface area contributed by atoms with Gasteiger partial charge in [0.2, 0.25) is 0 Å². The molecule has 1 amide bonds. The lowest BCUT2D eigenvalue weighted by Gasteiger charge is -2.51. The van der Waals surface area contributed by atoms with E-state index in [2.05, 4.69) is 33.0 Å². The van der Waals surface area contributed by atoms with E-state index in [-0.39, 0.29) is 23.5 Å². The molecule has 1 N–H and O–H groups in total. The third-order valence-electron chi connectivity index (χ3n) is 5.66. The minimum absolute atomic E-state index is 0.0311. The molecule has 0 bridgehead atoms.